The summed E-state index contributed by atoms with van der Waals surface area (Å²) in [5.41, 5.74) is 9.02. The molecule has 3 aromatic rings. The minimum Gasteiger partial charge on any atom is -0.384 e. The van der Waals surface area contributed by atoms with E-state index in [9.17, 15) is 0 Å². The monoisotopic (exact) mass is 226 g/mol. The van der Waals surface area contributed by atoms with Crippen molar-refractivity contribution < 1.29 is 0 Å². The van der Waals surface area contributed by atoms with Gasteiger partial charge in [-0.1, -0.05) is 6.07 Å². The molecule has 4 heteroatoms. The Morgan fingerprint density at radius 3 is 2.65 bits per heavy atom. The highest BCUT2D eigenvalue weighted by molar-refractivity contribution is 5.85. The van der Waals surface area contributed by atoms with Gasteiger partial charge in [-0.3, -0.25) is 4.68 Å². The van der Waals surface area contributed by atoms with Gasteiger partial charge in [0.1, 0.15) is 5.82 Å². The van der Waals surface area contributed by atoms with Crippen LogP contribution in [-0.2, 0) is 14.1 Å². The van der Waals surface area contributed by atoms with Crippen LogP contribution in [0.1, 0.15) is 0 Å². The van der Waals surface area contributed by atoms with E-state index in [0.29, 0.717) is 5.82 Å². The number of rotatable bonds is 1. The van der Waals surface area contributed by atoms with Crippen molar-refractivity contribution in [2.45, 2.75) is 0 Å². The van der Waals surface area contributed by atoms with Crippen LogP contribution in [0.5, 0.6) is 0 Å². The third-order valence-corrected chi connectivity index (χ3v) is 3.10. The van der Waals surface area contributed by atoms with E-state index in [1.54, 1.807) is 4.68 Å². The number of nitrogen functional groups attached to an aromatic ring is 1. The van der Waals surface area contributed by atoms with Gasteiger partial charge in [-0.2, -0.15) is 5.10 Å². The topological polar surface area (TPSA) is 48.8 Å². The first kappa shape index (κ1) is 9.96. The summed E-state index contributed by atoms with van der Waals surface area (Å²) in [5, 5.41) is 5.60. The van der Waals surface area contributed by atoms with Gasteiger partial charge in [0, 0.05) is 42.8 Å². The van der Waals surface area contributed by atoms with Crippen LogP contribution in [0.3, 0.4) is 0 Å². The molecule has 0 aliphatic heterocycles. The van der Waals surface area contributed by atoms with Crippen LogP contribution in [0, 0.1) is 0 Å². The molecule has 0 spiro atoms. The molecule has 4 nitrogen and oxygen atoms in total. The summed E-state index contributed by atoms with van der Waals surface area (Å²) in [6.07, 6.45) is 2.06. The molecular formula is C13H14N4. The summed E-state index contributed by atoms with van der Waals surface area (Å²) < 4.78 is 3.79. The smallest absolute Gasteiger partial charge is 0.121 e. The molecule has 0 saturated carbocycles. The van der Waals surface area contributed by atoms with E-state index in [0.717, 1.165) is 11.3 Å². The van der Waals surface area contributed by atoms with Crippen LogP contribution in [0.25, 0.3) is 22.2 Å². The Morgan fingerprint density at radius 1 is 1.12 bits per heavy atom. The lowest BCUT2D eigenvalue weighted by Crippen LogP contribution is -1.96. The van der Waals surface area contributed by atoms with E-state index in [4.69, 9.17) is 5.73 Å². The van der Waals surface area contributed by atoms with Gasteiger partial charge in [0.2, 0.25) is 0 Å². The number of hydrogen-bond donors (Lipinski definition) is 1. The molecule has 0 amide bonds. The van der Waals surface area contributed by atoms with E-state index in [2.05, 4.69) is 40.1 Å². The van der Waals surface area contributed by atoms with Crippen molar-refractivity contribution in [2.75, 3.05) is 5.73 Å². The molecule has 0 unspecified atom stereocenters. The Labute approximate surface area is 99.3 Å². The normalized spacial score (nSPS) is 11.2. The molecule has 1 aromatic carbocycles. The first-order valence-corrected chi connectivity index (χ1v) is 5.50. The van der Waals surface area contributed by atoms with Gasteiger partial charge in [-0.15, -0.1) is 0 Å². The van der Waals surface area contributed by atoms with Crippen LogP contribution in [-0.4, -0.2) is 14.3 Å². The Bertz CT molecular complexity index is 671. The zero-order valence-electron chi connectivity index (χ0n) is 9.88. The predicted molar refractivity (Wildman–Crippen MR) is 69.5 cm³/mol. The Hall–Kier alpha value is -2.23. The van der Waals surface area contributed by atoms with Gasteiger partial charge < -0.3 is 10.3 Å². The molecule has 17 heavy (non-hydrogen) atoms. The summed E-state index contributed by atoms with van der Waals surface area (Å²) in [5.74, 6) is 0.674. The molecule has 3 rings (SSSR count). The second-order valence-corrected chi connectivity index (χ2v) is 4.28. The second kappa shape index (κ2) is 3.38. The fraction of sp³-hybridized carbons (Fsp3) is 0.154. The summed E-state index contributed by atoms with van der Waals surface area (Å²) in [7, 11) is 3.89. The number of aromatic nitrogens is 3. The number of aryl methyl sites for hydroxylation is 2. The second-order valence-electron chi connectivity index (χ2n) is 4.28. The Balaban J connectivity index is 2.17. The molecule has 0 aliphatic carbocycles. The summed E-state index contributed by atoms with van der Waals surface area (Å²) in [6.45, 7) is 0. The minimum absolute atomic E-state index is 0.674. The first-order chi connectivity index (χ1) is 8.15. The number of hydrogen-bond acceptors (Lipinski definition) is 2. The lowest BCUT2D eigenvalue weighted by Gasteiger charge is -1.99. The van der Waals surface area contributed by atoms with Gasteiger partial charge in [-0.05, 0) is 18.2 Å². The average Bonchev–Trinajstić information content (AvgIpc) is 2.84. The number of anilines is 1. The lowest BCUT2D eigenvalue weighted by molar-refractivity contribution is 0.782. The van der Waals surface area contributed by atoms with Crippen LogP contribution < -0.4 is 5.73 Å². The van der Waals surface area contributed by atoms with E-state index in [-0.39, 0.29) is 0 Å². The molecule has 0 aliphatic rings. The summed E-state index contributed by atoms with van der Waals surface area (Å²) in [6, 6.07) is 10.3. The molecule has 0 saturated heterocycles. The highest BCUT2D eigenvalue weighted by atomic mass is 15.3. The molecular weight excluding hydrogens is 212 g/mol. The SMILES string of the molecule is Cn1nc(-c2ccc3c(ccn3C)c2)cc1N. The molecule has 0 radical (unpaired) electrons. The Morgan fingerprint density at radius 2 is 1.94 bits per heavy atom. The quantitative estimate of drug-likeness (QED) is 0.691. The number of nitrogens with two attached hydrogens (primary N) is 1. The van der Waals surface area contributed by atoms with Crippen molar-refractivity contribution in [1.82, 2.24) is 14.3 Å². The maximum absolute atomic E-state index is 5.79. The molecule has 0 atom stereocenters. The average molecular weight is 226 g/mol. The number of nitrogens with zero attached hydrogens (tertiary/aromatic N) is 3. The largest absolute Gasteiger partial charge is 0.384 e. The molecule has 2 N–H and O–H groups in total. The van der Waals surface area contributed by atoms with E-state index < -0.39 is 0 Å². The van der Waals surface area contributed by atoms with Crippen LogP contribution >= 0.6 is 0 Å². The fourth-order valence-electron chi connectivity index (χ4n) is 2.06. The van der Waals surface area contributed by atoms with Crippen molar-refractivity contribution in [2.24, 2.45) is 14.1 Å². The third-order valence-electron chi connectivity index (χ3n) is 3.10. The van der Waals surface area contributed by atoms with Gasteiger partial charge in [0.05, 0.1) is 5.69 Å². The summed E-state index contributed by atoms with van der Waals surface area (Å²) in [4.78, 5) is 0. The van der Waals surface area contributed by atoms with Crippen LogP contribution in [0.15, 0.2) is 36.5 Å². The van der Waals surface area contributed by atoms with Crippen molar-refractivity contribution in [3.05, 3.63) is 36.5 Å². The van der Waals surface area contributed by atoms with E-state index >= 15 is 0 Å². The van der Waals surface area contributed by atoms with Gasteiger partial charge in [0.25, 0.3) is 0 Å². The molecule has 86 valence electrons. The molecule has 2 heterocycles. The van der Waals surface area contributed by atoms with E-state index in [1.807, 2.05) is 20.2 Å². The number of fused-ring (bicyclic) bond motifs is 1. The minimum atomic E-state index is 0.674. The van der Waals surface area contributed by atoms with Crippen molar-refractivity contribution >= 4 is 16.7 Å². The van der Waals surface area contributed by atoms with Crippen LogP contribution in [0.2, 0.25) is 0 Å². The third kappa shape index (κ3) is 1.49. The highest BCUT2D eigenvalue weighted by Crippen LogP contribution is 2.24. The number of benzene rings is 1. The molecule has 0 fully saturated rings. The lowest BCUT2D eigenvalue weighted by atomic mass is 10.1. The fourth-order valence-corrected chi connectivity index (χ4v) is 2.06. The van der Waals surface area contributed by atoms with Gasteiger partial charge >= 0.3 is 0 Å². The highest BCUT2D eigenvalue weighted by Gasteiger charge is 2.06. The van der Waals surface area contributed by atoms with Gasteiger partial charge in [-0.25, -0.2) is 0 Å². The standard InChI is InChI=1S/C13H14N4/c1-16-6-5-10-7-9(3-4-12(10)16)11-8-13(14)17(2)15-11/h3-8H,14H2,1-2H3. The Kier molecular flexibility index (Phi) is 1.98. The predicted octanol–water partition coefficient (Wildman–Crippen LogP) is 2.16. The maximum atomic E-state index is 5.79. The molecule has 2 aromatic heterocycles. The van der Waals surface area contributed by atoms with Crippen molar-refractivity contribution in [1.29, 1.82) is 0 Å². The zero-order chi connectivity index (χ0) is 12.0. The van der Waals surface area contributed by atoms with E-state index in [1.165, 1.54) is 10.9 Å². The first-order valence-electron chi connectivity index (χ1n) is 5.50. The van der Waals surface area contributed by atoms with Crippen molar-refractivity contribution in [3.8, 4) is 11.3 Å². The zero-order valence-corrected chi connectivity index (χ0v) is 9.88. The summed E-state index contributed by atoms with van der Waals surface area (Å²) >= 11 is 0. The van der Waals surface area contributed by atoms with Gasteiger partial charge in [0.15, 0.2) is 0 Å². The maximum Gasteiger partial charge on any atom is 0.121 e. The van der Waals surface area contributed by atoms with Crippen molar-refractivity contribution in [3.63, 3.8) is 0 Å². The van der Waals surface area contributed by atoms with Crippen LogP contribution in [0.4, 0.5) is 5.82 Å². The molecule has 0 bridgehead atoms.